The summed E-state index contributed by atoms with van der Waals surface area (Å²) in [5.41, 5.74) is 1.84. The molecule has 0 spiro atoms. The molecule has 3 aromatic rings. The minimum atomic E-state index is -0.0381. The van der Waals surface area contributed by atoms with E-state index in [0.29, 0.717) is 5.92 Å². The molecular weight excluding hydrogens is 346 g/mol. The van der Waals surface area contributed by atoms with Crippen molar-refractivity contribution in [2.24, 2.45) is 0 Å². The predicted molar refractivity (Wildman–Crippen MR) is 105 cm³/mol. The number of para-hydroxylation sites is 1. The number of carbonyl (C=O) groups is 1. The quantitative estimate of drug-likeness (QED) is 0.745. The van der Waals surface area contributed by atoms with Crippen LogP contribution in [0.1, 0.15) is 37.1 Å². The molecule has 6 nitrogen and oxygen atoms in total. The molecule has 0 unspecified atom stereocenters. The molecule has 0 radical (unpaired) electrons. The van der Waals surface area contributed by atoms with Crippen LogP contribution in [-0.2, 0) is 6.54 Å². The van der Waals surface area contributed by atoms with Crippen molar-refractivity contribution in [1.82, 2.24) is 19.7 Å². The lowest BCUT2D eigenvalue weighted by Crippen LogP contribution is -2.40. The summed E-state index contributed by atoms with van der Waals surface area (Å²) in [6.07, 6.45) is 6.54. The molecule has 7 heteroatoms. The van der Waals surface area contributed by atoms with Crippen LogP contribution in [0.3, 0.4) is 0 Å². The number of aryl methyl sites for hydroxylation is 1. The number of aromatic nitrogens is 3. The zero-order chi connectivity index (χ0) is 17.9. The molecule has 4 rings (SSSR count). The minimum Gasteiger partial charge on any atom is -0.324 e. The van der Waals surface area contributed by atoms with Gasteiger partial charge < -0.3 is 10.2 Å². The summed E-state index contributed by atoms with van der Waals surface area (Å²) in [5, 5.41) is 8.41. The molecule has 2 amide bonds. The number of rotatable bonds is 4. The van der Waals surface area contributed by atoms with E-state index in [4.69, 9.17) is 4.98 Å². The molecular formula is C19H23N5OS. The molecule has 0 bridgehead atoms. The molecule has 3 heterocycles. The Morgan fingerprint density at radius 2 is 2.12 bits per heavy atom. The van der Waals surface area contributed by atoms with Gasteiger partial charge in [-0.25, -0.2) is 9.78 Å². The smallest absolute Gasteiger partial charge is 0.321 e. The first kappa shape index (κ1) is 17.0. The van der Waals surface area contributed by atoms with Gasteiger partial charge in [-0.15, -0.1) is 11.3 Å². The molecule has 1 aliphatic heterocycles. The first-order valence-electron chi connectivity index (χ1n) is 9.17. The van der Waals surface area contributed by atoms with Gasteiger partial charge in [-0.1, -0.05) is 19.1 Å². The number of carbonyl (C=O) groups excluding carboxylic acids is 1. The molecule has 0 atom stereocenters. The number of anilines is 1. The van der Waals surface area contributed by atoms with Gasteiger partial charge in [-0.2, -0.15) is 5.10 Å². The number of piperidine rings is 1. The molecule has 26 heavy (non-hydrogen) atoms. The molecule has 2 aromatic heterocycles. The number of urea groups is 1. The van der Waals surface area contributed by atoms with E-state index >= 15 is 0 Å². The van der Waals surface area contributed by atoms with Crippen LogP contribution in [-0.4, -0.2) is 38.8 Å². The Morgan fingerprint density at radius 3 is 2.88 bits per heavy atom. The van der Waals surface area contributed by atoms with E-state index < -0.39 is 0 Å². The standard InChI is InChI=1S/C19H23N5OS/c1-2-9-24-13-15(12-20-24)21-19(25)23-10-7-14(8-11-23)18-22-16-5-3-4-6-17(16)26-18/h3-6,12-14H,2,7-11H2,1H3,(H,21,25). The van der Waals surface area contributed by atoms with Gasteiger partial charge >= 0.3 is 6.03 Å². The molecule has 0 aliphatic carbocycles. The zero-order valence-corrected chi connectivity index (χ0v) is 15.7. The fourth-order valence-corrected chi connectivity index (χ4v) is 4.51. The molecule has 136 valence electrons. The van der Waals surface area contributed by atoms with Crippen LogP contribution in [0.4, 0.5) is 10.5 Å². The normalized spacial score (nSPS) is 15.5. The maximum absolute atomic E-state index is 12.5. The van der Waals surface area contributed by atoms with Crippen molar-refractivity contribution >= 4 is 33.3 Å². The number of thiazole rings is 1. The Bertz CT molecular complexity index is 861. The lowest BCUT2D eigenvalue weighted by Gasteiger charge is -2.30. The maximum atomic E-state index is 12.5. The van der Waals surface area contributed by atoms with E-state index in [1.54, 1.807) is 17.5 Å². The largest absolute Gasteiger partial charge is 0.324 e. The van der Waals surface area contributed by atoms with Crippen LogP contribution in [0.5, 0.6) is 0 Å². The van der Waals surface area contributed by atoms with E-state index in [1.165, 1.54) is 9.71 Å². The highest BCUT2D eigenvalue weighted by Crippen LogP contribution is 2.33. The molecule has 1 aliphatic rings. The number of benzene rings is 1. The molecule has 1 N–H and O–H groups in total. The second-order valence-electron chi connectivity index (χ2n) is 6.70. The topological polar surface area (TPSA) is 63.1 Å². The Labute approximate surface area is 156 Å². The van der Waals surface area contributed by atoms with E-state index in [2.05, 4.69) is 35.5 Å². The fourth-order valence-electron chi connectivity index (χ4n) is 3.38. The number of amides is 2. The predicted octanol–water partition coefficient (Wildman–Crippen LogP) is 4.31. The van der Waals surface area contributed by atoms with E-state index in [-0.39, 0.29) is 6.03 Å². The van der Waals surface area contributed by atoms with Gasteiger partial charge in [0.1, 0.15) is 0 Å². The van der Waals surface area contributed by atoms with Crippen LogP contribution < -0.4 is 5.32 Å². The first-order valence-corrected chi connectivity index (χ1v) is 9.98. The van der Waals surface area contributed by atoms with Crippen LogP contribution in [0.25, 0.3) is 10.2 Å². The maximum Gasteiger partial charge on any atom is 0.321 e. The van der Waals surface area contributed by atoms with Crippen LogP contribution >= 0.6 is 11.3 Å². The summed E-state index contributed by atoms with van der Waals surface area (Å²) >= 11 is 1.78. The number of nitrogens with one attached hydrogen (secondary N) is 1. The van der Waals surface area contributed by atoms with Gasteiger partial charge in [-0.05, 0) is 31.4 Å². The Kier molecular flexibility index (Phi) is 4.88. The molecule has 1 saturated heterocycles. The lowest BCUT2D eigenvalue weighted by molar-refractivity contribution is 0.194. The number of hydrogen-bond acceptors (Lipinski definition) is 4. The molecule has 0 saturated carbocycles. The monoisotopic (exact) mass is 369 g/mol. The third-order valence-electron chi connectivity index (χ3n) is 4.78. The highest BCUT2D eigenvalue weighted by atomic mass is 32.1. The number of fused-ring (bicyclic) bond motifs is 1. The Balaban J connectivity index is 1.34. The second-order valence-corrected chi connectivity index (χ2v) is 7.77. The highest BCUT2D eigenvalue weighted by Gasteiger charge is 2.26. The van der Waals surface area contributed by atoms with Crippen molar-refractivity contribution in [3.05, 3.63) is 41.7 Å². The Hall–Kier alpha value is -2.41. The van der Waals surface area contributed by atoms with Gasteiger partial charge in [0, 0.05) is 31.7 Å². The number of likely N-dealkylation sites (tertiary alicyclic amines) is 1. The third-order valence-corrected chi connectivity index (χ3v) is 5.98. The van der Waals surface area contributed by atoms with Crippen molar-refractivity contribution in [2.75, 3.05) is 18.4 Å². The van der Waals surface area contributed by atoms with Crippen molar-refractivity contribution in [1.29, 1.82) is 0 Å². The number of nitrogens with zero attached hydrogens (tertiary/aromatic N) is 4. The zero-order valence-electron chi connectivity index (χ0n) is 14.9. The summed E-state index contributed by atoms with van der Waals surface area (Å²) in [5.74, 6) is 0.448. The van der Waals surface area contributed by atoms with Crippen LogP contribution in [0.2, 0.25) is 0 Å². The average molecular weight is 369 g/mol. The third kappa shape index (κ3) is 3.58. The van der Waals surface area contributed by atoms with E-state index in [9.17, 15) is 4.79 Å². The minimum absolute atomic E-state index is 0.0381. The average Bonchev–Trinajstić information content (AvgIpc) is 3.29. The summed E-state index contributed by atoms with van der Waals surface area (Å²) < 4.78 is 3.10. The molecule has 1 fully saturated rings. The summed E-state index contributed by atoms with van der Waals surface area (Å²) in [7, 11) is 0. The fraction of sp³-hybridized carbons (Fsp3) is 0.421. The SMILES string of the molecule is CCCn1cc(NC(=O)N2CCC(c3nc4ccccc4s3)CC2)cn1. The second kappa shape index (κ2) is 7.45. The van der Waals surface area contributed by atoms with Gasteiger partial charge in [-0.3, -0.25) is 4.68 Å². The summed E-state index contributed by atoms with van der Waals surface area (Å²) in [6, 6.07) is 8.24. The van der Waals surface area contributed by atoms with Crippen molar-refractivity contribution in [3.8, 4) is 0 Å². The van der Waals surface area contributed by atoms with Gasteiger partial charge in [0.25, 0.3) is 0 Å². The summed E-state index contributed by atoms with van der Waals surface area (Å²) in [4.78, 5) is 19.2. The lowest BCUT2D eigenvalue weighted by atomic mass is 9.98. The van der Waals surface area contributed by atoms with Crippen molar-refractivity contribution < 1.29 is 4.79 Å². The van der Waals surface area contributed by atoms with Gasteiger partial charge in [0.05, 0.1) is 27.1 Å². The van der Waals surface area contributed by atoms with E-state index in [0.717, 1.165) is 50.1 Å². The van der Waals surface area contributed by atoms with Gasteiger partial charge in [0.15, 0.2) is 0 Å². The van der Waals surface area contributed by atoms with Crippen molar-refractivity contribution in [3.63, 3.8) is 0 Å². The van der Waals surface area contributed by atoms with Crippen LogP contribution in [0, 0.1) is 0 Å². The first-order chi connectivity index (χ1) is 12.7. The number of hydrogen-bond donors (Lipinski definition) is 1. The van der Waals surface area contributed by atoms with Gasteiger partial charge in [0.2, 0.25) is 0 Å². The highest BCUT2D eigenvalue weighted by molar-refractivity contribution is 7.18. The summed E-state index contributed by atoms with van der Waals surface area (Å²) in [6.45, 7) is 4.49. The molecule has 1 aromatic carbocycles. The van der Waals surface area contributed by atoms with E-state index in [1.807, 2.05) is 21.8 Å². The Morgan fingerprint density at radius 1 is 1.31 bits per heavy atom. The van der Waals surface area contributed by atoms with Crippen molar-refractivity contribution in [2.45, 2.75) is 38.6 Å². The van der Waals surface area contributed by atoms with Crippen LogP contribution in [0.15, 0.2) is 36.7 Å².